The molecule has 0 N–H and O–H groups in total. The average molecular weight is 264 g/mol. The Morgan fingerprint density at radius 3 is 2.42 bits per heavy atom. The molecule has 5 heteroatoms. The largest absolute Gasteiger partial charge is 0.493 e. The third kappa shape index (κ3) is 2.71. The summed E-state index contributed by atoms with van der Waals surface area (Å²) in [5.74, 6) is 1.10. The molecule has 0 amide bonds. The monoisotopic (exact) mass is 264 g/mol. The van der Waals surface area contributed by atoms with E-state index in [1.807, 2.05) is 6.92 Å². The molecule has 0 atom stereocenters. The molecule has 0 radical (unpaired) electrons. The van der Waals surface area contributed by atoms with Gasteiger partial charge < -0.3 is 18.6 Å². The number of fused-ring (bicyclic) bond motifs is 1. The first-order chi connectivity index (χ1) is 9.19. The van der Waals surface area contributed by atoms with Crippen molar-refractivity contribution in [3.63, 3.8) is 0 Å². The van der Waals surface area contributed by atoms with Gasteiger partial charge in [-0.3, -0.25) is 0 Å². The van der Waals surface area contributed by atoms with Crippen molar-refractivity contribution in [3.05, 3.63) is 34.2 Å². The van der Waals surface area contributed by atoms with E-state index in [1.165, 1.54) is 13.2 Å². The zero-order valence-electron chi connectivity index (χ0n) is 11.2. The van der Waals surface area contributed by atoms with Crippen LogP contribution in [0.2, 0.25) is 0 Å². The minimum absolute atomic E-state index is 0.355. The van der Waals surface area contributed by atoms with Gasteiger partial charge >= 0.3 is 5.63 Å². The second-order valence-corrected chi connectivity index (χ2v) is 3.93. The Labute approximate surface area is 110 Å². The molecular weight excluding hydrogens is 248 g/mol. The summed E-state index contributed by atoms with van der Waals surface area (Å²) in [6, 6.07) is 4.86. The van der Waals surface area contributed by atoms with Crippen molar-refractivity contribution in [2.45, 2.75) is 13.5 Å². The van der Waals surface area contributed by atoms with E-state index in [-0.39, 0.29) is 0 Å². The molecule has 19 heavy (non-hydrogen) atoms. The van der Waals surface area contributed by atoms with Crippen LogP contribution < -0.4 is 15.1 Å². The zero-order chi connectivity index (χ0) is 13.8. The molecule has 1 aromatic heterocycles. The maximum atomic E-state index is 11.5. The van der Waals surface area contributed by atoms with E-state index in [4.69, 9.17) is 18.6 Å². The van der Waals surface area contributed by atoms with Gasteiger partial charge in [-0.2, -0.15) is 0 Å². The second kappa shape index (κ2) is 5.75. The van der Waals surface area contributed by atoms with Crippen LogP contribution in [0.4, 0.5) is 0 Å². The molecule has 102 valence electrons. The summed E-state index contributed by atoms with van der Waals surface area (Å²) in [4.78, 5) is 11.5. The number of methoxy groups -OCH3 is 2. The number of rotatable bonds is 5. The van der Waals surface area contributed by atoms with Crippen molar-refractivity contribution in [1.29, 1.82) is 0 Å². The minimum Gasteiger partial charge on any atom is -0.493 e. The molecule has 0 fully saturated rings. The van der Waals surface area contributed by atoms with Crippen molar-refractivity contribution in [1.82, 2.24) is 0 Å². The summed E-state index contributed by atoms with van der Waals surface area (Å²) in [7, 11) is 3.09. The summed E-state index contributed by atoms with van der Waals surface area (Å²) in [5, 5.41) is 0.783. The van der Waals surface area contributed by atoms with Crippen LogP contribution in [0, 0.1) is 0 Å². The third-order valence-electron chi connectivity index (χ3n) is 2.80. The lowest BCUT2D eigenvalue weighted by Crippen LogP contribution is -2.03. The van der Waals surface area contributed by atoms with Crippen LogP contribution in [-0.2, 0) is 11.3 Å². The molecule has 2 rings (SSSR count). The lowest BCUT2D eigenvalue weighted by Gasteiger charge is -2.10. The molecule has 0 unspecified atom stereocenters. The van der Waals surface area contributed by atoms with Gasteiger partial charge in [-0.05, 0) is 18.6 Å². The molecule has 0 bridgehead atoms. The molecule has 0 aliphatic heterocycles. The van der Waals surface area contributed by atoms with E-state index >= 15 is 0 Å². The number of ether oxygens (including phenoxy) is 3. The smallest absolute Gasteiger partial charge is 0.336 e. The lowest BCUT2D eigenvalue weighted by atomic mass is 10.1. The van der Waals surface area contributed by atoms with Gasteiger partial charge in [-0.15, -0.1) is 0 Å². The highest BCUT2D eigenvalue weighted by Gasteiger charge is 2.12. The first kappa shape index (κ1) is 13.4. The van der Waals surface area contributed by atoms with Gasteiger partial charge in [-0.25, -0.2) is 4.79 Å². The van der Waals surface area contributed by atoms with E-state index in [0.29, 0.717) is 30.3 Å². The molecule has 1 heterocycles. The van der Waals surface area contributed by atoms with Gasteiger partial charge in [0, 0.05) is 24.1 Å². The Hall–Kier alpha value is -2.01. The second-order valence-electron chi connectivity index (χ2n) is 3.93. The fourth-order valence-electron chi connectivity index (χ4n) is 1.89. The van der Waals surface area contributed by atoms with Crippen LogP contribution in [0.3, 0.4) is 0 Å². The predicted octanol–water partition coefficient (Wildman–Crippen LogP) is 2.35. The summed E-state index contributed by atoms with van der Waals surface area (Å²) in [6.07, 6.45) is 0. The van der Waals surface area contributed by atoms with Gasteiger partial charge in [0.05, 0.1) is 20.8 Å². The molecule has 2 aromatic rings. The van der Waals surface area contributed by atoms with Gasteiger partial charge in [0.2, 0.25) is 0 Å². The predicted molar refractivity (Wildman–Crippen MR) is 70.9 cm³/mol. The Kier molecular flexibility index (Phi) is 4.06. The third-order valence-corrected chi connectivity index (χ3v) is 2.80. The Balaban J connectivity index is 2.64. The normalized spacial score (nSPS) is 10.7. The van der Waals surface area contributed by atoms with E-state index in [2.05, 4.69) is 0 Å². The molecule has 1 aromatic carbocycles. The summed E-state index contributed by atoms with van der Waals surface area (Å²) in [5.41, 5.74) is 0.823. The molecule has 0 saturated heterocycles. The zero-order valence-corrected chi connectivity index (χ0v) is 11.2. The highest BCUT2D eigenvalue weighted by Crippen LogP contribution is 2.33. The van der Waals surface area contributed by atoms with Crippen LogP contribution >= 0.6 is 0 Å². The minimum atomic E-state index is -0.408. The van der Waals surface area contributed by atoms with Crippen LogP contribution in [0.1, 0.15) is 12.5 Å². The maximum Gasteiger partial charge on any atom is 0.336 e. The van der Waals surface area contributed by atoms with Crippen molar-refractivity contribution in [2.24, 2.45) is 0 Å². The van der Waals surface area contributed by atoms with Gasteiger partial charge in [0.1, 0.15) is 5.58 Å². The first-order valence-corrected chi connectivity index (χ1v) is 5.96. The first-order valence-electron chi connectivity index (χ1n) is 5.96. The van der Waals surface area contributed by atoms with E-state index < -0.39 is 5.63 Å². The van der Waals surface area contributed by atoms with Crippen LogP contribution in [-0.4, -0.2) is 20.8 Å². The molecule has 0 aliphatic carbocycles. The van der Waals surface area contributed by atoms with Crippen molar-refractivity contribution >= 4 is 11.0 Å². The maximum absolute atomic E-state index is 11.5. The van der Waals surface area contributed by atoms with Gasteiger partial charge in [0.15, 0.2) is 11.5 Å². The average Bonchev–Trinajstić information content (AvgIpc) is 2.43. The number of benzene rings is 1. The molecule has 0 spiro atoms. The summed E-state index contributed by atoms with van der Waals surface area (Å²) >= 11 is 0. The van der Waals surface area contributed by atoms with E-state index in [9.17, 15) is 4.79 Å². The quantitative estimate of drug-likeness (QED) is 0.776. The Morgan fingerprint density at radius 1 is 1.11 bits per heavy atom. The standard InChI is InChI=1S/C14H16O5/c1-4-18-8-9-5-14(15)19-11-7-13(17-3)12(16-2)6-10(9)11/h5-7H,4,8H2,1-3H3. The van der Waals surface area contributed by atoms with Crippen molar-refractivity contribution in [3.8, 4) is 11.5 Å². The number of hydrogen-bond acceptors (Lipinski definition) is 5. The summed E-state index contributed by atoms with van der Waals surface area (Å²) in [6.45, 7) is 2.83. The van der Waals surface area contributed by atoms with E-state index in [0.717, 1.165) is 10.9 Å². The highest BCUT2D eigenvalue weighted by atomic mass is 16.5. The van der Waals surface area contributed by atoms with E-state index in [1.54, 1.807) is 19.2 Å². The fraction of sp³-hybridized carbons (Fsp3) is 0.357. The molecular formula is C14H16O5. The molecule has 0 saturated carbocycles. The van der Waals surface area contributed by atoms with Crippen LogP contribution in [0.5, 0.6) is 11.5 Å². The highest BCUT2D eigenvalue weighted by molar-refractivity contribution is 5.84. The van der Waals surface area contributed by atoms with Gasteiger partial charge in [-0.1, -0.05) is 0 Å². The van der Waals surface area contributed by atoms with Crippen LogP contribution in [0.15, 0.2) is 27.4 Å². The van der Waals surface area contributed by atoms with Gasteiger partial charge in [0.25, 0.3) is 0 Å². The molecule has 5 nitrogen and oxygen atoms in total. The summed E-state index contributed by atoms with van der Waals surface area (Å²) < 4.78 is 21.0. The Morgan fingerprint density at radius 2 is 1.79 bits per heavy atom. The fourth-order valence-corrected chi connectivity index (χ4v) is 1.89. The topological polar surface area (TPSA) is 57.9 Å². The van der Waals surface area contributed by atoms with Crippen LogP contribution in [0.25, 0.3) is 11.0 Å². The SMILES string of the molecule is CCOCc1cc(=O)oc2cc(OC)c(OC)cc12. The molecule has 0 aliphatic rings. The number of hydrogen-bond donors (Lipinski definition) is 0. The van der Waals surface area contributed by atoms with Crippen molar-refractivity contribution in [2.75, 3.05) is 20.8 Å². The lowest BCUT2D eigenvalue weighted by molar-refractivity contribution is 0.134. The van der Waals surface area contributed by atoms with Crippen molar-refractivity contribution < 1.29 is 18.6 Å². The Bertz CT molecular complexity index is 630.